The van der Waals surface area contributed by atoms with Gasteiger partial charge in [-0.05, 0) is 34.5 Å². The second kappa shape index (κ2) is 6.14. The second-order valence-electron chi connectivity index (χ2n) is 4.57. The Kier molecular flexibility index (Phi) is 4.77. The van der Waals surface area contributed by atoms with Gasteiger partial charge in [-0.2, -0.15) is 0 Å². The molecule has 4 nitrogen and oxygen atoms in total. The number of thiophene rings is 1. The quantitative estimate of drug-likeness (QED) is 0.883. The number of nitrogens with zero attached hydrogens (tertiary/aromatic N) is 1. The van der Waals surface area contributed by atoms with Crippen molar-refractivity contribution in [3.63, 3.8) is 0 Å². The monoisotopic (exact) mass is 331 g/mol. The van der Waals surface area contributed by atoms with Gasteiger partial charge in [0.05, 0.1) is 9.83 Å². The Bertz CT molecular complexity index is 423. The lowest BCUT2D eigenvalue weighted by Gasteiger charge is -2.25. The molecular weight excluding hydrogens is 314 g/mol. The average molecular weight is 332 g/mol. The van der Waals surface area contributed by atoms with Crippen molar-refractivity contribution < 1.29 is 4.79 Å². The summed E-state index contributed by atoms with van der Waals surface area (Å²) >= 11 is 5.22. The molecule has 0 radical (unpaired) electrons. The maximum absolute atomic E-state index is 11.1. The molecule has 2 heterocycles. The molecule has 3 N–H and O–H groups in total. The minimum Gasteiger partial charge on any atom is -0.352 e. The Balaban J connectivity index is 2.00. The van der Waals surface area contributed by atoms with Gasteiger partial charge >= 0.3 is 0 Å². The summed E-state index contributed by atoms with van der Waals surface area (Å²) in [4.78, 5) is 14.7. The summed E-state index contributed by atoms with van der Waals surface area (Å²) in [6.45, 7) is 4.05. The highest BCUT2D eigenvalue weighted by molar-refractivity contribution is 9.11. The van der Waals surface area contributed by atoms with Crippen molar-refractivity contribution in [2.24, 2.45) is 5.73 Å². The lowest BCUT2D eigenvalue weighted by atomic mass is 10.2. The zero-order valence-electron chi connectivity index (χ0n) is 10.4. The van der Waals surface area contributed by atoms with E-state index in [0.717, 1.165) is 23.3 Å². The largest absolute Gasteiger partial charge is 0.352 e. The first-order valence-electron chi connectivity index (χ1n) is 6.06. The predicted octanol–water partition coefficient (Wildman–Crippen LogP) is 1.72. The van der Waals surface area contributed by atoms with Crippen LogP contribution in [0.15, 0.2) is 15.9 Å². The Hall–Kier alpha value is -0.430. The molecular formula is C12H18BrN3OS. The molecule has 2 unspecified atom stereocenters. The van der Waals surface area contributed by atoms with Crippen LogP contribution in [0.3, 0.4) is 0 Å². The van der Waals surface area contributed by atoms with E-state index < -0.39 is 0 Å². The molecule has 6 heteroatoms. The smallest absolute Gasteiger partial charge is 0.217 e. The van der Waals surface area contributed by atoms with Gasteiger partial charge in [-0.3, -0.25) is 9.69 Å². The Morgan fingerprint density at radius 2 is 2.50 bits per heavy atom. The number of carbonyl (C=O) groups is 1. The molecule has 1 aliphatic heterocycles. The first kappa shape index (κ1) is 14.0. The second-order valence-corrected chi connectivity index (χ2v) is 7.07. The lowest BCUT2D eigenvalue weighted by Crippen LogP contribution is -2.37. The zero-order valence-corrected chi connectivity index (χ0v) is 12.8. The maximum atomic E-state index is 11.1. The third-order valence-electron chi connectivity index (χ3n) is 3.21. The minimum atomic E-state index is 0.0463. The van der Waals surface area contributed by atoms with Gasteiger partial charge in [0, 0.05) is 37.5 Å². The minimum absolute atomic E-state index is 0.0463. The van der Waals surface area contributed by atoms with E-state index in [-0.39, 0.29) is 18.0 Å². The van der Waals surface area contributed by atoms with Crippen molar-refractivity contribution >= 4 is 33.2 Å². The van der Waals surface area contributed by atoms with E-state index in [2.05, 4.69) is 38.3 Å². The molecule has 2 atom stereocenters. The number of nitrogens with two attached hydrogens (primary N) is 1. The van der Waals surface area contributed by atoms with Crippen LogP contribution in [0.4, 0.5) is 0 Å². The van der Waals surface area contributed by atoms with Crippen LogP contribution in [-0.4, -0.2) is 36.5 Å². The molecule has 0 saturated carbocycles. The standard InChI is InChI=1S/C12H18BrN3OS/c1-8(17)15-9-4-5-16(7-9)10(6-14)11-2-3-12(13)18-11/h2-3,9-10H,4-7,14H2,1H3,(H,15,17). The Morgan fingerprint density at radius 1 is 1.72 bits per heavy atom. The van der Waals surface area contributed by atoms with E-state index in [4.69, 9.17) is 5.73 Å². The van der Waals surface area contributed by atoms with Gasteiger partial charge in [-0.15, -0.1) is 11.3 Å². The lowest BCUT2D eigenvalue weighted by molar-refractivity contribution is -0.119. The number of hydrogen-bond donors (Lipinski definition) is 2. The third kappa shape index (κ3) is 3.32. The van der Waals surface area contributed by atoms with Crippen LogP contribution in [0.5, 0.6) is 0 Å². The topological polar surface area (TPSA) is 58.4 Å². The molecule has 0 spiro atoms. The first-order valence-corrected chi connectivity index (χ1v) is 7.67. The van der Waals surface area contributed by atoms with Crippen molar-refractivity contribution in [3.05, 3.63) is 20.8 Å². The fourth-order valence-corrected chi connectivity index (χ4v) is 4.00. The highest BCUT2D eigenvalue weighted by atomic mass is 79.9. The summed E-state index contributed by atoms with van der Waals surface area (Å²) < 4.78 is 1.13. The van der Waals surface area contributed by atoms with Crippen molar-refractivity contribution in [1.29, 1.82) is 0 Å². The molecule has 0 bridgehead atoms. The normalized spacial score (nSPS) is 22.1. The molecule has 1 saturated heterocycles. The molecule has 1 fully saturated rings. The molecule has 1 aromatic heterocycles. The number of amides is 1. The third-order valence-corrected chi connectivity index (χ3v) is 4.94. The van der Waals surface area contributed by atoms with Crippen molar-refractivity contribution in [2.75, 3.05) is 19.6 Å². The van der Waals surface area contributed by atoms with Crippen LogP contribution in [0.25, 0.3) is 0 Å². The van der Waals surface area contributed by atoms with Gasteiger partial charge < -0.3 is 11.1 Å². The molecule has 18 heavy (non-hydrogen) atoms. The van der Waals surface area contributed by atoms with E-state index >= 15 is 0 Å². The van der Waals surface area contributed by atoms with E-state index in [1.807, 2.05) is 0 Å². The molecule has 0 aromatic carbocycles. The molecule has 2 rings (SSSR count). The fraction of sp³-hybridized carbons (Fsp3) is 0.583. The van der Waals surface area contributed by atoms with Crippen LogP contribution in [0.2, 0.25) is 0 Å². The SMILES string of the molecule is CC(=O)NC1CCN(C(CN)c2ccc(Br)s2)C1. The van der Waals surface area contributed by atoms with Gasteiger partial charge in [0.1, 0.15) is 0 Å². The van der Waals surface area contributed by atoms with Gasteiger partial charge in [0.15, 0.2) is 0 Å². The molecule has 1 aromatic rings. The van der Waals surface area contributed by atoms with E-state index in [9.17, 15) is 4.79 Å². The summed E-state index contributed by atoms with van der Waals surface area (Å²) in [6.07, 6.45) is 1.00. The Morgan fingerprint density at radius 3 is 3.06 bits per heavy atom. The number of rotatable bonds is 4. The Labute approximate surface area is 120 Å². The molecule has 100 valence electrons. The van der Waals surface area contributed by atoms with Crippen LogP contribution in [0, 0.1) is 0 Å². The number of hydrogen-bond acceptors (Lipinski definition) is 4. The molecule has 1 amide bonds. The van der Waals surface area contributed by atoms with E-state index in [1.54, 1.807) is 18.3 Å². The number of halogens is 1. The number of likely N-dealkylation sites (tertiary alicyclic amines) is 1. The van der Waals surface area contributed by atoms with Gasteiger partial charge in [-0.1, -0.05) is 0 Å². The summed E-state index contributed by atoms with van der Waals surface area (Å²) in [5.74, 6) is 0.0463. The summed E-state index contributed by atoms with van der Waals surface area (Å²) in [6, 6.07) is 4.71. The van der Waals surface area contributed by atoms with Crippen molar-refractivity contribution in [3.8, 4) is 0 Å². The summed E-state index contributed by atoms with van der Waals surface area (Å²) in [7, 11) is 0. The number of carbonyl (C=O) groups excluding carboxylic acids is 1. The maximum Gasteiger partial charge on any atom is 0.217 e. The zero-order chi connectivity index (χ0) is 13.1. The van der Waals surface area contributed by atoms with Gasteiger partial charge in [-0.25, -0.2) is 0 Å². The van der Waals surface area contributed by atoms with Crippen LogP contribution in [-0.2, 0) is 4.79 Å². The van der Waals surface area contributed by atoms with Gasteiger partial charge in [0.2, 0.25) is 5.91 Å². The average Bonchev–Trinajstić information content (AvgIpc) is 2.89. The highest BCUT2D eigenvalue weighted by Gasteiger charge is 2.29. The summed E-state index contributed by atoms with van der Waals surface area (Å²) in [5.41, 5.74) is 5.90. The van der Waals surface area contributed by atoms with Crippen molar-refractivity contribution in [2.45, 2.75) is 25.4 Å². The van der Waals surface area contributed by atoms with Crippen molar-refractivity contribution in [1.82, 2.24) is 10.2 Å². The van der Waals surface area contributed by atoms with Gasteiger partial charge in [0.25, 0.3) is 0 Å². The molecule has 1 aliphatic rings. The molecule has 0 aliphatic carbocycles. The van der Waals surface area contributed by atoms with Crippen LogP contribution >= 0.6 is 27.3 Å². The summed E-state index contributed by atoms with van der Waals surface area (Å²) in [5, 5.41) is 2.98. The van der Waals surface area contributed by atoms with E-state index in [0.29, 0.717) is 6.54 Å². The first-order chi connectivity index (χ1) is 8.60. The number of nitrogens with one attached hydrogen (secondary N) is 1. The predicted molar refractivity (Wildman–Crippen MR) is 77.6 cm³/mol. The van der Waals surface area contributed by atoms with Crippen LogP contribution in [0.1, 0.15) is 24.3 Å². The highest BCUT2D eigenvalue weighted by Crippen LogP contribution is 2.32. The van der Waals surface area contributed by atoms with E-state index in [1.165, 1.54) is 4.88 Å². The fourth-order valence-electron chi connectivity index (χ4n) is 2.43. The van der Waals surface area contributed by atoms with Crippen LogP contribution < -0.4 is 11.1 Å².